The SMILES string of the molecule is c1cc2c(OCC3SCCS3)cc1=2. The molecule has 1 heterocycles. The van der Waals surface area contributed by atoms with Crippen LogP contribution >= 0.6 is 23.5 Å². The van der Waals surface area contributed by atoms with Crippen LogP contribution < -0.4 is 4.74 Å². The van der Waals surface area contributed by atoms with Crippen molar-refractivity contribution in [2.45, 2.75) is 4.58 Å². The molecule has 0 aromatic heterocycles. The normalized spacial score (nSPS) is 19.1. The van der Waals surface area contributed by atoms with Crippen molar-refractivity contribution in [1.82, 2.24) is 0 Å². The number of rotatable bonds is 3. The van der Waals surface area contributed by atoms with E-state index in [1.807, 2.05) is 23.5 Å². The highest BCUT2D eigenvalue weighted by Gasteiger charge is 2.17. The Morgan fingerprint density at radius 2 is 2.15 bits per heavy atom. The zero-order valence-electron chi connectivity index (χ0n) is 7.16. The van der Waals surface area contributed by atoms with Crippen LogP contribution in [0.2, 0.25) is 0 Å². The predicted octanol–water partition coefficient (Wildman–Crippen LogP) is 2.47. The van der Waals surface area contributed by atoms with Crippen LogP contribution in [0.25, 0.3) is 0 Å². The molecule has 2 aliphatic carbocycles. The Morgan fingerprint density at radius 3 is 2.69 bits per heavy atom. The minimum atomic E-state index is 0.662. The third kappa shape index (κ3) is 1.34. The molecule has 1 nitrogen and oxygen atoms in total. The standard InChI is InChI=1S/C10H10OS2/c1-2-8-7(1)5-9(8)11-6-10-12-3-4-13-10/h1-2,5,10H,3-4,6H2. The molecular weight excluding hydrogens is 200 g/mol. The van der Waals surface area contributed by atoms with Crippen LogP contribution in [0, 0.1) is 10.4 Å². The van der Waals surface area contributed by atoms with Crippen molar-refractivity contribution >= 4 is 23.5 Å². The fourth-order valence-corrected chi connectivity index (χ4v) is 4.12. The van der Waals surface area contributed by atoms with Crippen LogP contribution in [-0.4, -0.2) is 22.7 Å². The van der Waals surface area contributed by atoms with Crippen LogP contribution in [-0.2, 0) is 0 Å². The maximum absolute atomic E-state index is 5.71. The van der Waals surface area contributed by atoms with Gasteiger partial charge in [-0.15, -0.1) is 23.5 Å². The maximum atomic E-state index is 5.71. The van der Waals surface area contributed by atoms with Gasteiger partial charge in [0.05, 0.1) is 4.58 Å². The van der Waals surface area contributed by atoms with Crippen LogP contribution in [0.4, 0.5) is 0 Å². The summed E-state index contributed by atoms with van der Waals surface area (Å²) in [7, 11) is 0. The molecule has 0 amide bonds. The van der Waals surface area contributed by atoms with Crippen LogP contribution in [0.5, 0.6) is 5.75 Å². The average Bonchev–Trinajstić information content (AvgIpc) is 2.60. The van der Waals surface area contributed by atoms with Crippen LogP contribution in [0.15, 0.2) is 18.2 Å². The van der Waals surface area contributed by atoms with E-state index >= 15 is 0 Å². The summed E-state index contributed by atoms with van der Waals surface area (Å²) in [5.74, 6) is 3.67. The van der Waals surface area contributed by atoms with Gasteiger partial charge in [0.1, 0.15) is 12.4 Å². The molecule has 0 spiro atoms. The summed E-state index contributed by atoms with van der Waals surface area (Å²) in [6.07, 6.45) is 0. The molecule has 3 heteroatoms. The summed E-state index contributed by atoms with van der Waals surface area (Å²) in [5, 5.41) is 2.69. The van der Waals surface area contributed by atoms with E-state index in [1.54, 1.807) is 0 Å². The van der Waals surface area contributed by atoms with Crippen molar-refractivity contribution in [3.63, 3.8) is 0 Å². The van der Waals surface area contributed by atoms with Crippen molar-refractivity contribution in [3.05, 3.63) is 28.6 Å². The highest BCUT2D eigenvalue weighted by Crippen LogP contribution is 2.33. The van der Waals surface area contributed by atoms with Gasteiger partial charge in [-0.05, 0) is 11.3 Å². The van der Waals surface area contributed by atoms with Crippen molar-refractivity contribution in [2.24, 2.45) is 0 Å². The predicted molar refractivity (Wildman–Crippen MR) is 58.3 cm³/mol. The van der Waals surface area contributed by atoms with Crippen molar-refractivity contribution in [1.29, 1.82) is 0 Å². The molecule has 0 saturated carbocycles. The summed E-state index contributed by atoms with van der Waals surface area (Å²) in [5.41, 5.74) is 0. The summed E-state index contributed by atoms with van der Waals surface area (Å²) in [4.78, 5) is 0. The number of hydrogen-bond acceptors (Lipinski definition) is 3. The van der Waals surface area contributed by atoms with E-state index < -0.39 is 0 Å². The largest absolute Gasteiger partial charge is 0.491 e. The highest BCUT2D eigenvalue weighted by molar-refractivity contribution is 8.20. The molecule has 0 bridgehead atoms. The fourth-order valence-electron chi connectivity index (χ4n) is 1.54. The molecule has 1 aliphatic heterocycles. The first-order valence-corrected chi connectivity index (χ1v) is 6.54. The first-order chi connectivity index (χ1) is 6.43. The first kappa shape index (κ1) is 8.06. The minimum Gasteiger partial charge on any atom is -0.491 e. The molecule has 1 fully saturated rings. The molecule has 3 rings (SSSR count). The second-order valence-corrected chi connectivity index (χ2v) is 6.11. The van der Waals surface area contributed by atoms with Gasteiger partial charge < -0.3 is 4.74 Å². The molecule has 0 aromatic carbocycles. The fraction of sp³-hybridized carbons (Fsp3) is 0.400. The van der Waals surface area contributed by atoms with Crippen LogP contribution in [0.3, 0.4) is 0 Å². The molecule has 68 valence electrons. The number of hydrogen-bond donors (Lipinski definition) is 0. The van der Waals surface area contributed by atoms with E-state index in [2.05, 4.69) is 18.2 Å². The van der Waals surface area contributed by atoms with Crippen molar-refractivity contribution < 1.29 is 4.74 Å². The lowest BCUT2D eigenvalue weighted by molar-refractivity contribution is 0.332. The van der Waals surface area contributed by atoms with Crippen LogP contribution in [0.1, 0.15) is 0 Å². The van der Waals surface area contributed by atoms with E-state index in [0.717, 1.165) is 12.4 Å². The summed E-state index contributed by atoms with van der Waals surface area (Å²) in [6, 6.07) is 6.38. The number of thioether (sulfide) groups is 2. The molecule has 0 aromatic rings. The van der Waals surface area contributed by atoms with Gasteiger partial charge in [0.2, 0.25) is 0 Å². The summed E-state index contributed by atoms with van der Waals surface area (Å²) < 4.78 is 6.37. The Bertz CT molecular complexity index is 409. The third-order valence-corrected chi connectivity index (χ3v) is 5.33. The molecule has 3 aliphatic rings. The lowest BCUT2D eigenvalue weighted by atomic mass is 10.1. The second-order valence-electron chi connectivity index (χ2n) is 3.19. The van der Waals surface area contributed by atoms with Gasteiger partial charge in [-0.1, -0.05) is 12.1 Å². The molecule has 0 radical (unpaired) electrons. The third-order valence-electron chi connectivity index (χ3n) is 2.36. The molecule has 0 unspecified atom stereocenters. The van der Waals surface area contributed by atoms with Gasteiger partial charge in [-0.25, -0.2) is 0 Å². The Balaban J connectivity index is 1.57. The summed E-state index contributed by atoms with van der Waals surface area (Å²) >= 11 is 4.03. The number of benzene rings is 1. The Kier molecular flexibility index (Phi) is 1.95. The maximum Gasteiger partial charge on any atom is 0.127 e. The van der Waals surface area contributed by atoms with E-state index in [4.69, 9.17) is 4.74 Å². The zero-order valence-corrected chi connectivity index (χ0v) is 8.79. The Labute approximate surface area is 85.5 Å². The van der Waals surface area contributed by atoms with E-state index in [9.17, 15) is 0 Å². The van der Waals surface area contributed by atoms with Gasteiger partial charge in [0.15, 0.2) is 0 Å². The smallest absolute Gasteiger partial charge is 0.127 e. The summed E-state index contributed by atoms with van der Waals surface area (Å²) in [6.45, 7) is 0.867. The van der Waals surface area contributed by atoms with E-state index in [0.29, 0.717) is 4.58 Å². The van der Waals surface area contributed by atoms with Gasteiger partial charge in [0.25, 0.3) is 0 Å². The Morgan fingerprint density at radius 1 is 1.31 bits per heavy atom. The van der Waals surface area contributed by atoms with E-state index in [1.165, 1.54) is 21.9 Å². The molecule has 0 atom stereocenters. The van der Waals surface area contributed by atoms with Crippen molar-refractivity contribution in [3.8, 4) is 5.75 Å². The number of ether oxygens (including phenoxy) is 1. The van der Waals surface area contributed by atoms with Gasteiger partial charge in [-0.2, -0.15) is 0 Å². The quantitative estimate of drug-likeness (QED) is 0.770. The topological polar surface area (TPSA) is 9.23 Å². The second kappa shape index (κ2) is 3.14. The average molecular weight is 210 g/mol. The van der Waals surface area contributed by atoms with Gasteiger partial charge in [-0.3, -0.25) is 0 Å². The highest BCUT2D eigenvalue weighted by atomic mass is 32.2. The van der Waals surface area contributed by atoms with Crippen molar-refractivity contribution in [2.75, 3.05) is 18.1 Å². The monoisotopic (exact) mass is 210 g/mol. The molecular formula is C10H10OS2. The lowest BCUT2D eigenvalue weighted by Crippen LogP contribution is -2.10. The van der Waals surface area contributed by atoms with E-state index in [-0.39, 0.29) is 0 Å². The van der Waals surface area contributed by atoms with Gasteiger partial charge in [0, 0.05) is 16.7 Å². The minimum absolute atomic E-state index is 0.662. The molecule has 0 N–H and O–H groups in total. The molecule has 1 saturated heterocycles. The first-order valence-electron chi connectivity index (χ1n) is 4.44. The molecule has 13 heavy (non-hydrogen) atoms. The Hall–Kier alpha value is -0.280. The van der Waals surface area contributed by atoms with Gasteiger partial charge >= 0.3 is 0 Å². The lowest BCUT2D eigenvalue weighted by Gasteiger charge is -2.15. The zero-order chi connectivity index (χ0) is 8.67.